The van der Waals surface area contributed by atoms with Gasteiger partial charge in [-0.2, -0.15) is 0 Å². The van der Waals surface area contributed by atoms with E-state index in [2.05, 4.69) is 59.7 Å². The highest BCUT2D eigenvalue weighted by Crippen LogP contribution is 2.21. The summed E-state index contributed by atoms with van der Waals surface area (Å²) in [6, 6.07) is 18.6. The van der Waals surface area contributed by atoms with Gasteiger partial charge in [0.25, 0.3) is 5.91 Å². The molecular formula is C23H23N3O. The molecule has 3 aromatic rings. The number of anilines is 1. The maximum atomic E-state index is 12.9. The van der Waals surface area contributed by atoms with Crippen LogP contribution in [0.1, 0.15) is 32.6 Å². The molecule has 4 heteroatoms. The SMILES string of the molecule is Cc1cccc(CNc2cncc(C(=O)N3CCc4ccccc4C3)c2)c1. The number of nitrogens with zero attached hydrogens (tertiary/aromatic N) is 2. The molecule has 2 heterocycles. The number of fused-ring (bicyclic) bond motifs is 1. The van der Waals surface area contributed by atoms with Crippen molar-refractivity contribution in [2.75, 3.05) is 11.9 Å². The molecule has 1 N–H and O–H groups in total. The van der Waals surface area contributed by atoms with E-state index < -0.39 is 0 Å². The molecule has 136 valence electrons. The molecule has 4 nitrogen and oxygen atoms in total. The van der Waals surface area contributed by atoms with Crippen molar-refractivity contribution in [1.29, 1.82) is 0 Å². The quantitative estimate of drug-likeness (QED) is 0.761. The first-order chi connectivity index (χ1) is 13.2. The van der Waals surface area contributed by atoms with Crippen molar-refractivity contribution in [2.24, 2.45) is 0 Å². The largest absolute Gasteiger partial charge is 0.380 e. The van der Waals surface area contributed by atoms with Gasteiger partial charge in [0.05, 0.1) is 11.3 Å². The van der Waals surface area contributed by atoms with Crippen LogP contribution in [0.3, 0.4) is 0 Å². The number of aryl methyl sites for hydroxylation is 1. The predicted molar refractivity (Wildman–Crippen MR) is 108 cm³/mol. The van der Waals surface area contributed by atoms with E-state index in [0.717, 1.165) is 18.7 Å². The maximum absolute atomic E-state index is 12.9. The van der Waals surface area contributed by atoms with E-state index in [1.165, 1.54) is 22.3 Å². The van der Waals surface area contributed by atoms with Crippen LogP contribution in [0.15, 0.2) is 67.0 Å². The van der Waals surface area contributed by atoms with E-state index in [1.54, 1.807) is 12.4 Å². The van der Waals surface area contributed by atoms with Crippen molar-refractivity contribution in [1.82, 2.24) is 9.88 Å². The molecule has 0 saturated heterocycles. The summed E-state index contributed by atoms with van der Waals surface area (Å²) < 4.78 is 0. The van der Waals surface area contributed by atoms with Gasteiger partial charge in [0.2, 0.25) is 0 Å². The van der Waals surface area contributed by atoms with Crippen LogP contribution in [-0.2, 0) is 19.5 Å². The molecule has 1 aliphatic rings. The number of amides is 1. The van der Waals surface area contributed by atoms with E-state index in [-0.39, 0.29) is 5.91 Å². The van der Waals surface area contributed by atoms with Gasteiger partial charge < -0.3 is 10.2 Å². The third-order valence-corrected chi connectivity index (χ3v) is 4.98. The van der Waals surface area contributed by atoms with Gasteiger partial charge in [0, 0.05) is 32.0 Å². The molecule has 4 rings (SSSR count). The zero-order valence-electron chi connectivity index (χ0n) is 15.5. The number of nitrogens with one attached hydrogen (secondary N) is 1. The zero-order valence-corrected chi connectivity index (χ0v) is 15.5. The summed E-state index contributed by atoms with van der Waals surface area (Å²) in [5, 5.41) is 3.37. The summed E-state index contributed by atoms with van der Waals surface area (Å²) >= 11 is 0. The third-order valence-electron chi connectivity index (χ3n) is 4.98. The van der Waals surface area contributed by atoms with Crippen LogP contribution in [0.2, 0.25) is 0 Å². The molecule has 0 spiro atoms. The van der Waals surface area contributed by atoms with Crippen molar-refractivity contribution < 1.29 is 4.79 Å². The minimum Gasteiger partial charge on any atom is -0.380 e. The number of hydrogen-bond donors (Lipinski definition) is 1. The van der Waals surface area contributed by atoms with Gasteiger partial charge in [-0.3, -0.25) is 9.78 Å². The van der Waals surface area contributed by atoms with Gasteiger partial charge in [-0.25, -0.2) is 0 Å². The first kappa shape index (κ1) is 17.3. The van der Waals surface area contributed by atoms with E-state index in [9.17, 15) is 4.79 Å². The summed E-state index contributed by atoms with van der Waals surface area (Å²) in [5.74, 6) is 0.0382. The highest BCUT2D eigenvalue weighted by molar-refractivity contribution is 5.94. The number of carbonyl (C=O) groups excluding carboxylic acids is 1. The monoisotopic (exact) mass is 357 g/mol. The van der Waals surface area contributed by atoms with Crippen molar-refractivity contribution >= 4 is 11.6 Å². The molecule has 0 atom stereocenters. The van der Waals surface area contributed by atoms with Crippen LogP contribution in [0.5, 0.6) is 0 Å². The van der Waals surface area contributed by atoms with E-state index >= 15 is 0 Å². The van der Waals surface area contributed by atoms with Gasteiger partial charge >= 0.3 is 0 Å². The summed E-state index contributed by atoms with van der Waals surface area (Å²) in [6.45, 7) is 4.20. The third kappa shape index (κ3) is 4.00. The lowest BCUT2D eigenvalue weighted by molar-refractivity contribution is 0.0734. The van der Waals surface area contributed by atoms with Gasteiger partial charge in [0.15, 0.2) is 0 Å². The highest BCUT2D eigenvalue weighted by Gasteiger charge is 2.21. The molecule has 0 bridgehead atoms. The number of aromatic nitrogens is 1. The normalized spacial score (nSPS) is 13.1. The fourth-order valence-electron chi connectivity index (χ4n) is 3.53. The number of hydrogen-bond acceptors (Lipinski definition) is 3. The highest BCUT2D eigenvalue weighted by atomic mass is 16.2. The summed E-state index contributed by atoms with van der Waals surface area (Å²) in [5.41, 5.74) is 6.51. The van der Waals surface area contributed by atoms with Crippen LogP contribution >= 0.6 is 0 Å². The smallest absolute Gasteiger partial charge is 0.255 e. The van der Waals surface area contributed by atoms with E-state index in [0.29, 0.717) is 18.7 Å². The first-order valence-electron chi connectivity index (χ1n) is 9.29. The van der Waals surface area contributed by atoms with Crippen LogP contribution in [0.25, 0.3) is 0 Å². The first-order valence-corrected chi connectivity index (χ1v) is 9.29. The number of benzene rings is 2. The molecule has 0 aliphatic carbocycles. The lowest BCUT2D eigenvalue weighted by Gasteiger charge is -2.29. The van der Waals surface area contributed by atoms with Gasteiger partial charge in [-0.05, 0) is 36.1 Å². The Balaban J connectivity index is 1.45. The molecule has 2 aromatic carbocycles. The Bertz CT molecular complexity index is 967. The van der Waals surface area contributed by atoms with Crippen molar-refractivity contribution in [2.45, 2.75) is 26.4 Å². The second kappa shape index (κ2) is 7.62. The number of rotatable bonds is 4. The molecule has 1 amide bonds. The van der Waals surface area contributed by atoms with E-state index in [4.69, 9.17) is 0 Å². The standard InChI is InChI=1S/C23H23N3O/c1-17-5-4-6-18(11-17)13-25-22-12-21(14-24-15-22)23(27)26-10-9-19-7-2-3-8-20(19)16-26/h2-8,11-12,14-15,25H,9-10,13,16H2,1H3. The van der Waals surface area contributed by atoms with Crippen molar-refractivity contribution in [3.8, 4) is 0 Å². The zero-order chi connectivity index (χ0) is 18.6. The molecule has 1 aromatic heterocycles. The van der Waals surface area contributed by atoms with Crippen molar-refractivity contribution in [3.05, 3.63) is 94.8 Å². The lowest BCUT2D eigenvalue weighted by Crippen LogP contribution is -2.36. The Morgan fingerprint density at radius 3 is 2.78 bits per heavy atom. The predicted octanol–water partition coefficient (Wildman–Crippen LogP) is 4.20. The Hall–Kier alpha value is -3.14. The molecule has 0 radical (unpaired) electrons. The molecule has 0 unspecified atom stereocenters. The Morgan fingerprint density at radius 1 is 1.07 bits per heavy atom. The van der Waals surface area contributed by atoms with Crippen molar-refractivity contribution in [3.63, 3.8) is 0 Å². The molecule has 0 fully saturated rings. The second-order valence-electron chi connectivity index (χ2n) is 7.05. The van der Waals surface area contributed by atoms with Crippen LogP contribution in [0, 0.1) is 6.92 Å². The van der Waals surface area contributed by atoms with Crippen LogP contribution in [-0.4, -0.2) is 22.3 Å². The van der Waals surface area contributed by atoms with Gasteiger partial charge in [0.1, 0.15) is 0 Å². The molecule has 27 heavy (non-hydrogen) atoms. The summed E-state index contributed by atoms with van der Waals surface area (Å²) in [7, 11) is 0. The fourth-order valence-corrected chi connectivity index (χ4v) is 3.53. The number of carbonyl (C=O) groups is 1. The van der Waals surface area contributed by atoms with Gasteiger partial charge in [-0.1, -0.05) is 54.1 Å². The average molecular weight is 357 g/mol. The minimum absolute atomic E-state index is 0.0382. The molecule has 1 aliphatic heterocycles. The molecule has 0 saturated carbocycles. The summed E-state index contributed by atoms with van der Waals surface area (Å²) in [6.07, 6.45) is 4.32. The molecular weight excluding hydrogens is 334 g/mol. The maximum Gasteiger partial charge on any atom is 0.255 e. The minimum atomic E-state index is 0.0382. The average Bonchev–Trinajstić information content (AvgIpc) is 2.71. The Labute approximate surface area is 159 Å². The van der Waals surface area contributed by atoms with Crippen LogP contribution < -0.4 is 5.32 Å². The Kier molecular flexibility index (Phi) is 4.88. The number of pyridine rings is 1. The lowest BCUT2D eigenvalue weighted by atomic mass is 9.99. The summed E-state index contributed by atoms with van der Waals surface area (Å²) in [4.78, 5) is 19.1. The van der Waals surface area contributed by atoms with E-state index in [1.807, 2.05) is 17.0 Å². The van der Waals surface area contributed by atoms with Crippen LogP contribution in [0.4, 0.5) is 5.69 Å². The topological polar surface area (TPSA) is 45.2 Å². The second-order valence-corrected chi connectivity index (χ2v) is 7.05. The van der Waals surface area contributed by atoms with Gasteiger partial charge in [-0.15, -0.1) is 0 Å². The Morgan fingerprint density at radius 2 is 1.93 bits per heavy atom. The fraction of sp³-hybridized carbons (Fsp3) is 0.217.